The lowest BCUT2D eigenvalue weighted by Gasteiger charge is -2.19. The van der Waals surface area contributed by atoms with Gasteiger partial charge in [0.25, 0.3) is 0 Å². The Morgan fingerprint density at radius 2 is 1.88 bits per heavy atom. The third-order valence-corrected chi connectivity index (χ3v) is 2.96. The van der Waals surface area contributed by atoms with Crippen LogP contribution in [0, 0.1) is 12.8 Å². The van der Waals surface area contributed by atoms with Crippen LogP contribution in [0.1, 0.15) is 31.5 Å². The molecule has 1 aromatic rings. The zero-order valence-electron chi connectivity index (χ0n) is 9.77. The van der Waals surface area contributed by atoms with E-state index in [0.29, 0.717) is 37.2 Å². The zero-order valence-corrected chi connectivity index (χ0v) is 9.77. The molecule has 17 heavy (non-hydrogen) atoms. The van der Waals surface area contributed by atoms with Crippen LogP contribution in [-0.2, 0) is 9.59 Å². The SMILES string of the molecule is Cc1ncc(NC(=O)C2CCC(=O)CC2)cn1. The minimum Gasteiger partial charge on any atom is -0.323 e. The number of aromatic nitrogens is 2. The first kappa shape index (κ1) is 11.7. The third-order valence-electron chi connectivity index (χ3n) is 2.96. The predicted molar refractivity (Wildman–Crippen MR) is 62.4 cm³/mol. The minimum atomic E-state index is -0.0611. The Morgan fingerprint density at radius 1 is 1.29 bits per heavy atom. The molecule has 0 radical (unpaired) electrons. The lowest BCUT2D eigenvalue weighted by Crippen LogP contribution is -2.27. The lowest BCUT2D eigenvalue weighted by molar-refractivity contribution is -0.125. The maximum atomic E-state index is 11.9. The van der Waals surface area contributed by atoms with Crippen LogP contribution in [0.2, 0.25) is 0 Å². The number of nitrogens with zero attached hydrogens (tertiary/aromatic N) is 2. The van der Waals surface area contributed by atoms with Crippen molar-refractivity contribution in [3.05, 3.63) is 18.2 Å². The van der Waals surface area contributed by atoms with Gasteiger partial charge in [0.1, 0.15) is 11.6 Å². The fraction of sp³-hybridized carbons (Fsp3) is 0.500. The standard InChI is InChI=1S/C12H15N3O2/c1-8-13-6-10(7-14-8)15-12(17)9-2-4-11(16)5-3-9/h6-7,9H,2-5H2,1H3,(H,15,17). The molecule has 1 aliphatic carbocycles. The van der Waals surface area contributed by atoms with E-state index in [4.69, 9.17) is 0 Å². The second-order valence-corrected chi connectivity index (χ2v) is 4.32. The van der Waals surface area contributed by atoms with Crippen LogP contribution < -0.4 is 5.32 Å². The number of aryl methyl sites for hydroxylation is 1. The summed E-state index contributed by atoms with van der Waals surface area (Å²) in [4.78, 5) is 31.0. The summed E-state index contributed by atoms with van der Waals surface area (Å²) in [6.07, 6.45) is 5.52. The number of amides is 1. The first-order valence-electron chi connectivity index (χ1n) is 5.76. The second kappa shape index (κ2) is 5.03. The predicted octanol–water partition coefficient (Wildman–Crippen LogP) is 1.48. The first-order chi connectivity index (χ1) is 8.15. The molecule has 1 aliphatic rings. The maximum absolute atomic E-state index is 11.9. The van der Waals surface area contributed by atoms with Gasteiger partial charge in [0.05, 0.1) is 18.1 Å². The van der Waals surface area contributed by atoms with Gasteiger partial charge >= 0.3 is 0 Å². The van der Waals surface area contributed by atoms with E-state index in [1.807, 2.05) is 0 Å². The molecule has 90 valence electrons. The number of hydrogen-bond donors (Lipinski definition) is 1. The summed E-state index contributed by atoms with van der Waals surface area (Å²) >= 11 is 0. The van der Waals surface area contributed by atoms with Gasteiger partial charge in [-0.05, 0) is 19.8 Å². The molecule has 0 unspecified atom stereocenters. The maximum Gasteiger partial charge on any atom is 0.227 e. The molecule has 0 saturated heterocycles. The molecule has 1 N–H and O–H groups in total. The molecule has 2 rings (SSSR count). The Hall–Kier alpha value is -1.78. The van der Waals surface area contributed by atoms with Crippen molar-refractivity contribution in [2.75, 3.05) is 5.32 Å². The molecule has 5 nitrogen and oxygen atoms in total. The van der Waals surface area contributed by atoms with E-state index < -0.39 is 0 Å². The van der Waals surface area contributed by atoms with E-state index >= 15 is 0 Å². The lowest BCUT2D eigenvalue weighted by atomic mass is 9.88. The van der Waals surface area contributed by atoms with Gasteiger partial charge in [0, 0.05) is 18.8 Å². The summed E-state index contributed by atoms with van der Waals surface area (Å²) in [5.74, 6) is 0.831. The van der Waals surface area contributed by atoms with Gasteiger partial charge in [0.15, 0.2) is 0 Å². The number of hydrogen-bond acceptors (Lipinski definition) is 4. The highest BCUT2D eigenvalue weighted by Gasteiger charge is 2.24. The van der Waals surface area contributed by atoms with Crippen LogP contribution in [0.3, 0.4) is 0 Å². The van der Waals surface area contributed by atoms with Crippen molar-refractivity contribution >= 4 is 17.4 Å². The number of nitrogens with one attached hydrogen (secondary N) is 1. The average molecular weight is 233 g/mol. The second-order valence-electron chi connectivity index (χ2n) is 4.32. The smallest absolute Gasteiger partial charge is 0.227 e. The number of rotatable bonds is 2. The summed E-state index contributed by atoms with van der Waals surface area (Å²) in [5, 5.41) is 2.78. The van der Waals surface area contributed by atoms with Crippen LogP contribution in [0.4, 0.5) is 5.69 Å². The highest BCUT2D eigenvalue weighted by atomic mass is 16.2. The normalized spacial score (nSPS) is 16.9. The van der Waals surface area contributed by atoms with E-state index in [1.165, 1.54) is 0 Å². The fourth-order valence-electron chi connectivity index (χ4n) is 1.90. The van der Waals surface area contributed by atoms with Crippen molar-refractivity contribution in [3.8, 4) is 0 Å². The summed E-state index contributed by atoms with van der Waals surface area (Å²) in [7, 11) is 0. The molecular formula is C12H15N3O2. The molecule has 1 aromatic heterocycles. The van der Waals surface area contributed by atoms with Crippen molar-refractivity contribution in [1.29, 1.82) is 0 Å². The number of carbonyl (C=O) groups is 2. The molecule has 1 amide bonds. The largest absolute Gasteiger partial charge is 0.323 e. The number of ketones is 1. The van der Waals surface area contributed by atoms with Gasteiger partial charge in [0.2, 0.25) is 5.91 Å². The summed E-state index contributed by atoms with van der Waals surface area (Å²) in [6, 6.07) is 0. The highest BCUT2D eigenvalue weighted by molar-refractivity contribution is 5.93. The average Bonchev–Trinajstić information content (AvgIpc) is 2.33. The van der Waals surface area contributed by atoms with Gasteiger partial charge in [-0.1, -0.05) is 0 Å². The molecule has 5 heteroatoms. The molecule has 1 heterocycles. The Morgan fingerprint density at radius 3 is 2.47 bits per heavy atom. The van der Waals surface area contributed by atoms with Gasteiger partial charge in [-0.15, -0.1) is 0 Å². The molecule has 1 fully saturated rings. The van der Waals surface area contributed by atoms with Gasteiger partial charge in [-0.3, -0.25) is 9.59 Å². The summed E-state index contributed by atoms with van der Waals surface area (Å²) in [6.45, 7) is 1.79. The number of carbonyl (C=O) groups excluding carboxylic acids is 2. The van der Waals surface area contributed by atoms with Gasteiger partial charge < -0.3 is 5.32 Å². The Labute approximate surface area is 99.7 Å². The van der Waals surface area contributed by atoms with E-state index in [-0.39, 0.29) is 17.6 Å². The topological polar surface area (TPSA) is 72.0 Å². The van der Waals surface area contributed by atoms with Crippen LogP contribution in [-0.4, -0.2) is 21.7 Å². The fourth-order valence-corrected chi connectivity index (χ4v) is 1.90. The van der Waals surface area contributed by atoms with Crippen molar-refractivity contribution < 1.29 is 9.59 Å². The monoisotopic (exact) mass is 233 g/mol. The number of Topliss-reactive ketones (excluding diaryl/α,β-unsaturated/α-hetero) is 1. The number of anilines is 1. The van der Waals surface area contributed by atoms with Crippen LogP contribution in [0.15, 0.2) is 12.4 Å². The minimum absolute atomic E-state index is 0.0371. The summed E-state index contributed by atoms with van der Waals surface area (Å²) < 4.78 is 0. The Bertz CT molecular complexity index is 418. The van der Waals surface area contributed by atoms with Crippen molar-refractivity contribution in [2.24, 2.45) is 5.92 Å². The Kier molecular flexibility index (Phi) is 3.46. The molecule has 0 spiro atoms. The zero-order chi connectivity index (χ0) is 12.3. The first-order valence-corrected chi connectivity index (χ1v) is 5.76. The molecule has 1 saturated carbocycles. The van der Waals surface area contributed by atoms with Crippen molar-refractivity contribution in [1.82, 2.24) is 9.97 Å². The molecule has 0 aliphatic heterocycles. The molecule has 0 bridgehead atoms. The van der Waals surface area contributed by atoms with Gasteiger partial charge in [-0.25, -0.2) is 9.97 Å². The highest BCUT2D eigenvalue weighted by Crippen LogP contribution is 2.22. The molecular weight excluding hydrogens is 218 g/mol. The van der Waals surface area contributed by atoms with Crippen LogP contribution in [0.5, 0.6) is 0 Å². The quantitative estimate of drug-likeness (QED) is 0.839. The van der Waals surface area contributed by atoms with Gasteiger partial charge in [-0.2, -0.15) is 0 Å². The van der Waals surface area contributed by atoms with E-state index in [2.05, 4.69) is 15.3 Å². The van der Waals surface area contributed by atoms with E-state index in [1.54, 1.807) is 19.3 Å². The van der Waals surface area contributed by atoms with Crippen LogP contribution >= 0.6 is 0 Å². The van der Waals surface area contributed by atoms with E-state index in [0.717, 1.165) is 0 Å². The molecule has 0 aromatic carbocycles. The van der Waals surface area contributed by atoms with Crippen molar-refractivity contribution in [3.63, 3.8) is 0 Å². The van der Waals surface area contributed by atoms with Crippen LogP contribution in [0.25, 0.3) is 0 Å². The summed E-state index contributed by atoms with van der Waals surface area (Å²) in [5.41, 5.74) is 0.609. The van der Waals surface area contributed by atoms with E-state index in [9.17, 15) is 9.59 Å². The Balaban J connectivity index is 1.92. The third kappa shape index (κ3) is 3.09. The van der Waals surface area contributed by atoms with Crippen molar-refractivity contribution in [2.45, 2.75) is 32.6 Å². The molecule has 0 atom stereocenters.